The SMILES string of the molecule is CCC(/C=C/[C@@H]1OC(=O)C=C[C@@H]1C)=C\[C@H](C)C/C=C/C(C)=C/[C@H](CO)C(=O)[C@H](C)[C@H](O)[C@@H](C)C/C(C)=C/C(=O)O. The zero-order chi connectivity index (χ0) is 30.4. The van der Waals surface area contributed by atoms with Gasteiger partial charge in [0.2, 0.25) is 0 Å². The average molecular weight is 557 g/mol. The van der Waals surface area contributed by atoms with Gasteiger partial charge in [0.15, 0.2) is 0 Å². The Morgan fingerprint density at radius 2 is 1.80 bits per heavy atom. The van der Waals surface area contributed by atoms with Crippen molar-refractivity contribution in [3.8, 4) is 0 Å². The van der Waals surface area contributed by atoms with E-state index < -0.39 is 23.9 Å². The van der Waals surface area contributed by atoms with Gasteiger partial charge in [-0.2, -0.15) is 0 Å². The Hall–Kier alpha value is -3.03. The minimum absolute atomic E-state index is 0.136. The predicted molar refractivity (Wildman–Crippen MR) is 158 cm³/mol. The molecule has 0 unspecified atom stereocenters. The zero-order valence-corrected chi connectivity index (χ0v) is 25.0. The van der Waals surface area contributed by atoms with Crippen molar-refractivity contribution in [3.63, 3.8) is 0 Å². The minimum Gasteiger partial charge on any atom is -0.478 e. The molecule has 1 heterocycles. The molecule has 1 aliphatic rings. The van der Waals surface area contributed by atoms with Crippen LogP contribution in [0.2, 0.25) is 0 Å². The second kappa shape index (κ2) is 17.6. The molecule has 0 aliphatic carbocycles. The first-order valence-electron chi connectivity index (χ1n) is 14.1. The topological polar surface area (TPSA) is 121 Å². The lowest BCUT2D eigenvalue weighted by atomic mass is 9.82. The highest BCUT2D eigenvalue weighted by molar-refractivity contribution is 5.85. The number of Topliss-reactive ketones (excluding diaryl/α,β-unsaturated/α-hetero) is 1. The number of rotatable bonds is 16. The van der Waals surface area contributed by atoms with Gasteiger partial charge >= 0.3 is 11.9 Å². The van der Waals surface area contributed by atoms with Crippen LogP contribution in [-0.4, -0.2) is 51.9 Å². The quantitative estimate of drug-likeness (QED) is 0.126. The number of carbonyl (C=O) groups is 3. The van der Waals surface area contributed by atoms with Crippen molar-refractivity contribution in [2.24, 2.45) is 29.6 Å². The van der Waals surface area contributed by atoms with E-state index in [2.05, 4.69) is 19.9 Å². The number of allylic oxidation sites excluding steroid dienone is 7. The molecule has 7 heteroatoms. The molecule has 0 radical (unpaired) electrons. The van der Waals surface area contributed by atoms with Gasteiger partial charge in [-0.3, -0.25) is 4.79 Å². The van der Waals surface area contributed by atoms with E-state index in [0.717, 1.165) is 30.1 Å². The number of hydrogen-bond acceptors (Lipinski definition) is 6. The molecule has 0 amide bonds. The van der Waals surface area contributed by atoms with Gasteiger partial charge in [0, 0.05) is 24.0 Å². The van der Waals surface area contributed by atoms with E-state index in [1.807, 2.05) is 44.2 Å². The molecule has 0 saturated carbocycles. The molecule has 1 aliphatic heterocycles. The normalized spacial score (nSPS) is 22.7. The highest BCUT2D eigenvalue weighted by atomic mass is 16.5. The lowest BCUT2D eigenvalue weighted by Gasteiger charge is -2.26. The molecule has 0 aromatic carbocycles. The summed E-state index contributed by atoms with van der Waals surface area (Å²) in [5.74, 6) is -2.97. The Morgan fingerprint density at radius 1 is 1.12 bits per heavy atom. The lowest BCUT2D eigenvalue weighted by Crippen LogP contribution is -2.35. The van der Waals surface area contributed by atoms with E-state index in [1.165, 1.54) is 6.08 Å². The average Bonchev–Trinajstić information content (AvgIpc) is 2.89. The van der Waals surface area contributed by atoms with Crippen molar-refractivity contribution in [3.05, 3.63) is 71.4 Å². The Balaban J connectivity index is 2.76. The number of ether oxygens (including phenoxy) is 1. The standard InChI is InChI=1S/C33H48O7/c1-8-27(13-14-29-24(5)12-15-31(37)40-29)17-21(2)10-9-11-22(3)18-28(20-34)33(39)26(7)32(38)25(6)16-23(4)19-30(35)36/h9,11-15,17-19,21,24-26,28-29,32,34,38H,8,10,16,20H2,1-7H3,(H,35,36)/b11-9+,14-13+,22-18+,23-19+,27-17+/t21-,24+,25+,26-,28-,29+,32-/m1/s1. The minimum atomic E-state index is -1.04. The summed E-state index contributed by atoms with van der Waals surface area (Å²) in [5, 5.41) is 29.5. The van der Waals surface area contributed by atoms with E-state index in [-0.39, 0.29) is 42.2 Å². The van der Waals surface area contributed by atoms with Crippen LogP contribution in [-0.2, 0) is 19.1 Å². The first kappa shape index (κ1) is 35.0. The van der Waals surface area contributed by atoms with Crippen LogP contribution in [0.3, 0.4) is 0 Å². The largest absolute Gasteiger partial charge is 0.478 e. The Bertz CT molecular complexity index is 1040. The number of cyclic esters (lactones) is 1. The van der Waals surface area contributed by atoms with Crippen LogP contribution in [0.25, 0.3) is 0 Å². The van der Waals surface area contributed by atoms with Gasteiger partial charge in [-0.05, 0) is 51.0 Å². The molecule has 40 heavy (non-hydrogen) atoms. The number of aliphatic carboxylic acids is 1. The fourth-order valence-corrected chi connectivity index (χ4v) is 4.74. The number of carboxylic acid groups (broad SMARTS) is 1. The molecule has 0 aromatic heterocycles. The van der Waals surface area contributed by atoms with Crippen LogP contribution in [0.1, 0.15) is 67.7 Å². The van der Waals surface area contributed by atoms with Crippen molar-refractivity contribution in [1.29, 1.82) is 0 Å². The predicted octanol–water partition coefficient (Wildman–Crippen LogP) is 5.76. The van der Waals surface area contributed by atoms with Gasteiger partial charge in [0.1, 0.15) is 11.9 Å². The first-order valence-corrected chi connectivity index (χ1v) is 14.1. The van der Waals surface area contributed by atoms with Crippen LogP contribution in [0.5, 0.6) is 0 Å². The highest BCUT2D eigenvalue weighted by Crippen LogP contribution is 2.24. The number of carbonyl (C=O) groups excluding carboxylic acids is 2. The zero-order valence-electron chi connectivity index (χ0n) is 25.0. The van der Waals surface area contributed by atoms with Crippen molar-refractivity contribution in [2.75, 3.05) is 6.61 Å². The Labute approximate surface area is 239 Å². The third-order valence-corrected chi connectivity index (χ3v) is 7.19. The maximum atomic E-state index is 13.0. The fourth-order valence-electron chi connectivity index (χ4n) is 4.74. The van der Waals surface area contributed by atoms with Gasteiger partial charge in [-0.15, -0.1) is 0 Å². The molecule has 3 N–H and O–H groups in total. The first-order chi connectivity index (χ1) is 18.8. The van der Waals surface area contributed by atoms with Crippen molar-refractivity contribution < 1.29 is 34.4 Å². The Morgan fingerprint density at radius 3 is 2.40 bits per heavy atom. The third kappa shape index (κ3) is 12.4. The number of aliphatic hydroxyl groups is 2. The second-order valence-electron chi connectivity index (χ2n) is 11.1. The molecule has 0 fully saturated rings. The summed E-state index contributed by atoms with van der Waals surface area (Å²) in [7, 11) is 0. The van der Waals surface area contributed by atoms with E-state index in [0.29, 0.717) is 12.0 Å². The van der Waals surface area contributed by atoms with Gasteiger partial charge in [0.25, 0.3) is 0 Å². The highest BCUT2D eigenvalue weighted by Gasteiger charge is 2.30. The molecular formula is C33H48O7. The molecule has 0 saturated heterocycles. The van der Waals surface area contributed by atoms with Crippen LogP contribution in [0.4, 0.5) is 0 Å². The summed E-state index contributed by atoms with van der Waals surface area (Å²) in [6.07, 6.45) is 17.1. The summed E-state index contributed by atoms with van der Waals surface area (Å²) in [4.78, 5) is 35.4. The fraction of sp³-hybridized carbons (Fsp3) is 0.545. The number of ketones is 1. The number of esters is 1. The number of carboxylic acids is 1. The van der Waals surface area contributed by atoms with E-state index in [1.54, 1.807) is 26.8 Å². The van der Waals surface area contributed by atoms with E-state index >= 15 is 0 Å². The maximum absolute atomic E-state index is 13.0. The van der Waals surface area contributed by atoms with Crippen LogP contribution >= 0.6 is 0 Å². The van der Waals surface area contributed by atoms with E-state index in [4.69, 9.17) is 9.84 Å². The van der Waals surface area contributed by atoms with Crippen LogP contribution in [0.15, 0.2) is 71.4 Å². The summed E-state index contributed by atoms with van der Waals surface area (Å²) >= 11 is 0. The molecule has 7 nitrogen and oxygen atoms in total. The summed E-state index contributed by atoms with van der Waals surface area (Å²) in [6.45, 7) is 12.8. The Kier molecular flexibility index (Phi) is 15.4. The molecule has 0 aromatic rings. The number of hydrogen-bond donors (Lipinski definition) is 3. The third-order valence-electron chi connectivity index (χ3n) is 7.19. The molecule has 0 bridgehead atoms. The van der Waals surface area contributed by atoms with Crippen molar-refractivity contribution in [2.45, 2.75) is 79.9 Å². The van der Waals surface area contributed by atoms with Crippen molar-refractivity contribution in [1.82, 2.24) is 0 Å². The number of aliphatic hydroxyl groups excluding tert-OH is 2. The van der Waals surface area contributed by atoms with Crippen LogP contribution < -0.4 is 0 Å². The lowest BCUT2D eigenvalue weighted by molar-refractivity contribution is -0.143. The van der Waals surface area contributed by atoms with Gasteiger partial charge in [-0.1, -0.05) is 87.8 Å². The van der Waals surface area contributed by atoms with Gasteiger partial charge < -0.3 is 20.1 Å². The van der Waals surface area contributed by atoms with Crippen molar-refractivity contribution >= 4 is 17.7 Å². The monoisotopic (exact) mass is 556 g/mol. The summed E-state index contributed by atoms with van der Waals surface area (Å²) in [5.41, 5.74) is 2.62. The molecular weight excluding hydrogens is 508 g/mol. The molecule has 7 atom stereocenters. The summed E-state index contributed by atoms with van der Waals surface area (Å²) in [6, 6.07) is 0. The van der Waals surface area contributed by atoms with Crippen LogP contribution in [0, 0.1) is 29.6 Å². The molecule has 0 spiro atoms. The molecule has 1 rings (SSSR count). The van der Waals surface area contributed by atoms with E-state index in [9.17, 15) is 24.6 Å². The smallest absolute Gasteiger partial charge is 0.331 e. The molecule has 222 valence electrons. The summed E-state index contributed by atoms with van der Waals surface area (Å²) < 4.78 is 5.38. The maximum Gasteiger partial charge on any atom is 0.331 e. The van der Waals surface area contributed by atoms with Gasteiger partial charge in [-0.25, -0.2) is 9.59 Å². The van der Waals surface area contributed by atoms with Gasteiger partial charge in [0.05, 0.1) is 18.6 Å². The second-order valence-corrected chi connectivity index (χ2v) is 11.1.